The molecule has 1 aromatic heterocycles. The summed E-state index contributed by atoms with van der Waals surface area (Å²) >= 11 is 0. The van der Waals surface area contributed by atoms with Crippen molar-refractivity contribution in [3.8, 4) is 0 Å². The maximum Gasteiger partial charge on any atom is 0.243 e. The standard InChI is InChI=1S/C17H21N3O/c1-11-6-7-18-15(8-11)17-19-16(20-21-17)14-9-12-4-2-3-5-13(12)10-14/h2-5,11,14-15,18H,6-10H2,1H3. The smallest absolute Gasteiger partial charge is 0.243 e. The second-order valence-corrected chi connectivity index (χ2v) is 6.50. The minimum Gasteiger partial charge on any atom is -0.338 e. The normalized spacial score (nSPS) is 26.0. The van der Waals surface area contributed by atoms with Crippen molar-refractivity contribution in [1.82, 2.24) is 15.5 Å². The van der Waals surface area contributed by atoms with Gasteiger partial charge in [0.1, 0.15) is 0 Å². The van der Waals surface area contributed by atoms with Crippen LogP contribution in [0.1, 0.15) is 54.6 Å². The van der Waals surface area contributed by atoms with E-state index >= 15 is 0 Å². The Hall–Kier alpha value is -1.68. The van der Waals surface area contributed by atoms with Crippen LogP contribution in [0.25, 0.3) is 0 Å². The van der Waals surface area contributed by atoms with Crippen molar-refractivity contribution in [3.63, 3.8) is 0 Å². The number of aromatic nitrogens is 2. The van der Waals surface area contributed by atoms with Gasteiger partial charge in [-0.3, -0.25) is 0 Å². The molecule has 1 N–H and O–H groups in total. The molecular formula is C17H21N3O. The van der Waals surface area contributed by atoms with Gasteiger partial charge in [0.25, 0.3) is 0 Å². The zero-order chi connectivity index (χ0) is 14.2. The summed E-state index contributed by atoms with van der Waals surface area (Å²) < 4.78 is 5.54. The minimum absolute atomic E-state index is 0.235. The molecule has 0 bridgehead atoms. The van der Waals surface area contributed by atoms with Gasteiger partial charge in [-0.25, -0.2) is 0 Å². The first kappa shape index (κ1) is 13.0. The van der Waals surface area contributed by atoms with Crippen LogP contribution >= 0.6 is 0 Å². The molecule has 4 heteroatoms. The lowest BCUT2D eigenvalue weighted by Gasteiger charge is -2.25. The average Bonchev–Trinajstić information content (AvgIpc) is 3.14. The average molecular weight is 283 g/mol. The van der Waals surface area contributed by atoms with E-state index in [4.69, 9.17) is 9.51 Å². The Labute approximate surface area is 124 Å². The van der Waals surface area contributed by atoms with E-state index in [1.54, 1.807) is 0 Å². The lowest BCUT2D eigenvalue weighted by Crippen LogP contribution is -2.31. The van der Waals surface area contributed by atoms with Crippen molar-refractivity contribution in [2.24, 2.45) is 5.92 Å². The molecule has 0 amide bonds. The van der Waals surface area contributed by atoms with Crippen LogP contribution in [0.5, 0.6) is 0 Å². The molecule has 4 rings (SSSR count). The number of fused-ring (bicyclic) bond motifs is 1. The van der Waals surface area contributed by atoms with Gasteiger partial charge in [-0.2, -0.15) is 4.98 Å². The molecule has 1 aliphatic carbocycles. The maximum atomic E-state index is 5.54. The SMILES string of the molecule is CC1CCNC(c2nc(C3Cc4ccccc4C3)no2)C1. The maximum absolute atomic E-state index is 5.54. The van der Waals surface area contributed by atoms with Gasteiger partial charge in [-0.1, -0.05) is 36.3 Å². The molecule has 2 atom stereocenters. The van der Waals surface area contributed by atoms with Crippen LogP contribution in [0.15, 0.2) is 28.8 Å². The van der Waals surface area contributed by atoms with Gasteiger partial charge >= 0.3 is 0 Å². The molecule has 110 valence electrons. The molecule has 2 aliphatic rings. The highest BCUT2D eigenvalue weighted by atomic mass is 16.5. The van der Waals surface area contributed by atoms with Gasteiger partial charge in [0.15, 0.2) is 5.82 Å². The molecule has 1 aliphatic heterocycles. The van der Waals surface area contributed by atoms with Crippen LogP contribution in [0, 0.1) is 5.92 Å². The van der Waals surface area contributed by atoms with E-state index in [-0.39, 0.29) is 6.04 Å². The predicted molar refractivity (Wildman–Crippen MR) is 80.0 cm³/mol. The summed E-state index contributed by atoms with van der Waals surface area (Å²) in [7, 11) is 0. The molecule has 2 unspecified atom stereocenters. The highest BCUT2D eigenvalue weighted by molar-refractivity contribution is 5.34. The minimum atomic E-state index is 0.235. The van der Waals surface area contributed by atoms with Gasteiger partial charge in [-0.15, -0.1) is 0 Å². The fourth-order valence-electron chi connectivity index (χ4n) is 3.59. The highest BCUT2D eigenvalue weighted by Gasteiger charge is 2.29. The first-order chi connectivity index (χ1) is 10.3. The number of hydrogen-bond acceptors (Lipinski definition) is 4. The number of hydrogen-bond donors (Lipinski definition) is 1. The molecule has 4 nitrogen and oxygen atoms in total. The Bertz CT molecular complexity index is 611. The lowest BCUT2D eigenvalue weighted by molar-refractivity contribution is 0.259. The van der Waals surface area contributed by atoms with Crippen molar-refractivity contribution in [3.05, 3.63) is 47.1 Å². The topological polar surface area (TPSA) is 51.0 Å². The molecular weight excluding hydrogens is 262 g/mol. The molecule has 2 aromatic rings. The van der Waals surface area contributed by atoms with Crippen molar-refractivity contribution in [2.75, 3.05) is 6.54 Å². The van der Waals surface area contributed by atoms with Gasteiger partial charge in [0.05, 0.1) is 6.04 Å². The first-order valence-corrected chi connectivity index (χ1v) is 7.93. The zero-order valence-electron chi connectivity index (χ0n) is 12.4. The summed E-state index contributed by atoms with van der Waals surface area (Å²) in [6.07, 6.45) is 4.38. The van der Waals surface area contributed by atoms with Crippen LogP contribution in [-0.2, 0) is 12.8 Å². The van der Waals surface area contributed by atoms with Crippen LogP contribution in [0.4, 0.5) is 0 Å². The lowest BCUT2D eigenvalue weighted by atomic mass is 9.94. The fourth-order valence-corrected chi connectivity index (χ4v) is 3.59. The number of piperidine rings is 1. The van der Waals surface area contributed by atoms with E-state index in [0.717, 1.165) is 43.4 Å². The largest absolute Gasteiger partial charge is 0.338 e. The summed E-state index contributed by atoms with van der Waals surface area (Å²) in [6.45, 7) is 3.33. The quantitative estimate of drug-likeness (QED) is 0.920. The van der Waals surface area contributed by atoms with E-state index in [1.165, 1.54) is 17.5 Å². The van der Waals surface area contributed by atoms with E-state index < -0.39 is 0 Å². The third-order valence-corrected chi connectivity index (χ3v) is 4.84. The van der Waals surface area contributed by atoms with Crippen molar-refractivity contribution < 1.29 is 4.52 Å². The molecule has 0 spiro atoms. The van der Waals surface area contributed by atoms with Gasteiger partial charge in [-0.05, 0) is 49.3 Å². The highest BCUT2D eigenvalue weighted by Crippen LogP contribution is 2.33. The summed E-state index contributed by atoms with van der Waals surface area (Å²) in [5.74, 6) is 2.75. The summed E-state index contributed by atoms with van der Waals surface area (Å²) in [5.41, 5.74) is 2.86. The van der Waals surface area contributed by atoms with E-state index in [2.05, 4.69) is 41.7 Å². The Morgan fingerprint density at radius 1 is 1.19 bits per heavy atom. The van der Waals surface area contributed by atoms with Crippen LogP contribution in [-0.4, -0.2) is 16.7 Å². The summed E-state index contributed by atoms with van der Waals surface area (Å²) in [4.78, 5) is 4.69. The summed E-state index contributed by atoms with van der Waals surface area (Å²) in [5, 5.41) is 7.75. The van der Waals surface area contributed by atoms with Gasteiger partial charge < -0.3 is 9.84 Å². The van der Waals surface area contributed by atoms with Crippen LogP contribution in [0.3, 0.4) is 0 Å². The van der Waals surface area contributed by atoms with Gasteiger partial charge in [0.2, 0.25) is 5.89 Å². The Morgan fingerprint density at radius 3 is 2.67 bits per heavy atom. The Morgan fingerprint density at radius 2 is 1.95 bits per heavy atom. The number of rotatable bonds is 2. The number of nitrogens with one attached hydrogen (secondary N) is 1. The molecule has 0 saturated carbocycles. The number of nitrogens with zero attached hydrogens (tertiary/aromatic N) is 2. The van der Waals surface area contributed by atoms with Crippen molar-refractivity contribution in [2.45, 2.75) is 44.6 Å². The second-order valence-electron chi connectivity index (χ2n) is 6.50. The molecule has 1 aromatic carbocycles. The van der Waals surface area contributed by atoms with Gasteiger partial charge in [0, 0.05) is 5.92 Å². The Kier molecular flexibility index (Phi) is 3.26. The van der Waals surface area contributed by atoms with Crippen LogP contribution < -0.4 is 5.32 Å². The molecule has 1 fully saturated rings. The number of benzene rings is 1. The van der Waals surface area contributed by atoms with E-state index in [9.17, 15) is 0 Å². The first-order valence-electron chi connectivity index (χ1n) is 7.93. The zero-order valence-corrected chi connectivity index (χ0v) is 12.4. The summed E-state index contributed by atoms with van der Waals surface area (Å²) in [6, 6.07) is 8.87. The third kappa shape index (κ3) is 2.48. The molecule has 1 saturated heterocycles. The molecule has 21 heavy (non-hydrogen) atoms. The fraction of sp³-hybridized carbons (Fsp3) is 0.529. The predicted octanol–water partition coefficient (Wildman–Crippen LogP) is 3.01. The van der Waals surface area contributed by atoms with Crippen LogP contribution in [0.2, 0.25) is 0 Å². The monoisotopic (exact) mass is 283 g/mol. The third-order valence-electron chi connectivity index (χ3n) is 4.84. The molecule has 0 radical (unpaired) electrons. The molecule has 2 heterocycles. The Balaban J connectivity index is 1.51. The van der Waals surface area contributed by atoms with E-state index in [1.807, 2.05) is 0 Å². The van der Waals surface area contributed by atoms with Crippen molar-refractivity contribution in [1.29, 1.82) is 0 Å². The van der Waals surface area contributed by atoms with E-state index in [0.29, 0.717) is 5.92 Å². The second kappa shape index (κ2) is 5.26. The van der Waals surface area contributed by atoms with Crippen molar-refractivity contribution >= 4 is 0 Å².